The van der Waals surface area contributed by atoms with Crippen molar-refractivity contribution in [3.05, 3.63) is 58.6 Å². The molecule has 35 heavy (non-hydrogen) atoms. The number of carbonyl (C=O) groups excluding carboxylic acids is 3. The number of anilines is 1. The number of nitrogens with one attached hydrogen (secondary N) is 1. The first-order valence-corrected chi connectivity index (χ1v) is 14.1. The van der Waals surface area contributed by atoms with Crippen LogP contribution in [0.3, 0.4) is 0 Å². The molecule has 0 radical (unpaired) electrons. The van der Waals surface area contributed by atoms with Gasteiger partial charge in [-0.1, -0.05) is 23.7 Å². The molecule has 1 atom stereocenters. The number of sulfonamides is 1. The third-order valence-electron chi connectivity index (χ3n) is 5.84. The first kappa shape index (κ1) is 25.6. The van der Waals surface area contributed by atoms with Gasteiger partial charge in [-0.3, -0.25) is 19.3 Å². The van der Waals surface area contributed by atoms with Crippen molar-refractivity contribution in [3.63, 3.8) is 0 Å². The van der Waals surface area contributed by atoms with Crippen LogP contribution in [0.4, 0.5) is 5.69 Å². The largest absolute Gasteiger partial charge is 0.379 e. The lowest BCUT2D eigenvalue weighted by atomic mass is 10.1. The molecule has 4 rings (SSSR count). The van der Waals surface area contributed by atoms with Crippen LogP contribution in [-0.4, -0.2) is 79.7 Å². The Balaban J connectivity index is 1.61. The molecule has 0 saturated carbocycles. The second-order valence-corrected chi connectivity index (χ2v) is 11.3. The Morgan fingerprint density at radius 3 is 2.34 bits per heavy atom. The minimum Gasteiger partial charge on any atom is -0.379 e. The number of amides is 3. The Hall–Kier alpha value is -2.44. The van der Waals surface area contributed by atoms with E-state index in [-0.39, 0.29) is 46.2 Å². The Morgan fingerprint density at radius 1 is 1.11 bits per heavy atom. The van der Waals surface area contributed by atoms with E-state index in [1.165, 1.54) is 34.3 Å². The van der Waals surface area contributed by atoms with Gasteiger partial charge in [0.1, 0.15) is 6.04 Å². The van der Waals surface area contributed by atoms with Crippen molar-refractivity contribution >= 4 is 56.8 Å². The van der Waals surface area contributed by atoms with E-state index >= 15 is 0 Å². The summed E-state index contributed by atoms with van der Waals surface area (Å²) in [4.78, 5) is 40.3. The molecule has 2 heterocycles. The number of hydrogen-bond donors (Lipinski definition) is 1. The molecule has 1 saturated heterocycles. The molecule has 9 nitrogen and oxygen atoms in total. The van der Waals surface area contributed by atoms with Crippen LogP contribution in [0.5, 0.6) is 0 Å². The molecule has 1 unspecified atom stereocenters. The van der Waals surface area contributed by atoms with Crippen LogP contribution in [0, 0.1) is 0 Å². The molecule has 2 aliphatic rings. The summed E-state index contributed by atoms with van der Waals surface area (Å²) in [6, 6.07) is 9.38. The fraction of sp³-hybridized carbons (Fsp3) is 0.348. The molecule has 1 N–H and O–H groups in total. The number of nitrogens with zero attached hydrogens (tertiary/aromatic N) is 2. The fourth-order valence-electron chi connectivity index (χ4n) is 4.01. The molecule has 2 aromatic rings. The summed E-state index contributed by atoms with van der Waals surface area (Å²) < 4.78 is 32.6. The minimum absolute atomic E-state index is 0.0273. The van der Waals surface area contributed by atoms with Crippen LogP contribution >= 0.6 is 23.4 Å². The first-order chi connectivity index (χ1) is 16.8. The molecule has 0 bridgehead atoms. The highest BCUT2D eigenvalue weighted by molar-refractivity contribution is 7.98. The molecule has 0 aromatic heterocycles. The van der Waals surface area contributed by atoms with Gasteiger partial charge in [0.05, 0.1) is 39.9 Å². The number of carbonyl (C=O) groups is 3. The summed E-state index contributed by atoms with van der Waals surface area (Å²) in [5, 5.41) is 2.78. The highest BCUT2D eigenvalue weighted by Crippen LogP contribution is 2.30. The van der Waals surface area contributed by atoms with Crippen molar-refractivity contribution in [3.8, 4) is 0 Å². The molecule has 2 aliphatic heterocycles. The van der Waals surface area contributed by atoms with Crippen LogP contribution in [0.2, 0.25) is 5.02 Å². The average Bonchev–Trinajstić information content (AvgIpc) is 3.11. The van der Waals surface area contributed by atoms with Gasteiger partial charge in [-0.15, -0.1) is 0 Å². The second kappa shape index (κ2) is 10.7. The lowest BCUT2D eigenvalue weighted by Crippen LogP contribution is -2.47. The molecular formula is C23H24ClN3O6S2. The Bertz CT molecular complexity index is 1230. The molecule has 12 heteroatoms. The summed E-state index contributed by atoms with van der Waals surface area (Å²) >= 11 is 7.75. The van der Waals surface area contributed by atoms with E-state index in [1.54, 1.807) is 24.3 Å². The maximum Gasteiger partial charge on any atom is 0.262 e. The van der Waals surface area contributed by atoms with Gasteiger partial charge in [-0.25, -0.2) is 8.42 Å². The highest BCUT2D eigenvalue weighted by atomic mass is 35.5. The lowest BCUT2D eigenvalue weighted by molar-refractivity contribution is -0.120. The van der Waals surface area contributed by atoms with Crippen molar-refractivity contribution in [1.82, 2.24) is 9.21 Å². The van der Waals surface area contributed by atoms with Crippen LogP contribution < -0.4 is 5.32 Å². The van der Waals surface area contributed by atoms with Gasteiger partial charge in [-0.05, 0) is 48.8 Å². The monoisotopic (exact) mass is 537 g/mol. The predicted molar refractivity (Wildman–Crippen MR) is 133 cm³/mol. The number of fused-ring (bicyclic) bond motifs is 1. The Labute approximate surface area is 212 Å². The topological polar surface area (TPSA) is 113 Å². The van der Waals surface area contributed by atoms with E-state index < -0.39 is 33.8 Å². The standard InChI is InChI=1S/C23H24ClN3O6S2/c1-34-13-8-20(27-22(29)16-4-2-3-5-17(16)23(27)30)21(28)25-19-14-15(6-7-18(19)24)35(31,32)26-9-11-33-12-10-26/h2-7,14,20H,8-13H2,1H3,(H,25,28). The van der Waals surface area contributed by atoms with Crippen LogP contribution in [-0.2, 0) is 19.6 Å². The lowest BCUT2D eigenvalue weighted by Gasteiger charge is -2.27. The Morgan fingerprint density at radius 2 is 1.74 bits per heavy atom. The summed E-state index contributed by atoms with van der Waals surface area (Å²) in [6.07, 6.45) is 2.08. The molecular weight excluding hydrogens is 514 g/mol. The zero-order valence-corrected chi connectivity index (χ0v) is 21.3. The van der Waals surface area contributed by atoms with E-state index in [9.17, 15) is 22.8 Å². The maximum atomic E-state index is 13.4. The van der Waals surface area contributed by atoms with E-state index in [1.807, 2.05) is 6.26 Å². The molecule has 186 valence electrons. The van der Waals surface area contributed by atoms with Crippen LogP contribution in [0.1, 0.15) is 27.1 Å². The van der Waals surface area contributed by atoms with Gasteiger partial charge >= 0.3 is 0 Å². The van der Waals surface area contributed by atoms with E-state index in [0.29, 0.717) is 19.0 Å². The summed E-state index contributed by atoms with van der Waals surface area (Å²) in [6.45, 7) is 1.05. The third-order valence-corrected chi connectivity index (χ3v) is 8.71. The minimum atomic E-state index is -3.82. The van der Waals surface area contributed by atoms with Gasteiger partial charge in [0.25, 0.3) is 11.8 Å². The number of morpholine rings is 1. The average molecular weight is 538 g/mol. The zero-order valence-electron chi connectivity index (χ0n) is 18.9. The number of benzene rings is 2. The number of thioether (sulfide) groups is 1. The normalized spacial score (nSPS) is 17.4. The van der Waals surface area contributed by atoms with E-state index in [0.717, 1.165) is 4.90 Å². The number of hydrogen-bond acceptors (Lipinski definition) is 7. The number of halogens is 1. The maximum absolute atomic E-state index is 13.4. The number of ether oxygens (including phenoxy) is 1. The van der Waals surface area contributed by atoms with Gasteiger partial charge in [0.15, 0.2) is 0 Å². The van der Waals surface area contributed by atoms with Crippen molar-refractivity contribution in [2.45, 2.75) is 17.4 Å². The second-order valence-electron chi connectivity index (χ2n) is 7.97. The van der Waals surface area contributed by atoms with Crippen molar-refractivity contribution in [2.24, 2.45) is 0 Å². The molecule has 2 aromatic carbocycles. The molecule has 1 fully saturated rings. The van der Waals surface area contributed by atoms with Crippen LogP contribution in [0.25, 0.3) is 0 Å². The van der Waals surface area contributed by atoms with Crippen molar-refractivity contribution in [2.75, 3.05) is 43.6 Å². The third kappa shape index (κ3) is 5.10. The Kier molecular flexibility index (Phi) is 7.82. The first-order valence-electron chi connectivity index (χ1n) is 10.9. The number of rotatable bonds is 8. The van der Waals surface area contributed by atoms with Gasteiger partial charge in [-0.2, -0.15) is 16.1 Å². The fourth-order valence-corrected chi connectivity index (χ4v) is 6.07. The molecule has 0 spiro atoms. The molecule has 3 amide bonds. The summed E-state index contributed by atoms with van der Waals surface area (Å²) in [5.74, 6) is -1.19. The quantitative estimate of drug-likeness (QED) is 0.515. The van der Waals surface area contributed by atoms with Gasteiger partial charge < -0.3 is 10.1 Å². The van der Waals surface area contributed by atoms with Gasteiger partial charge in [0, 0.05) is 13.1 Å². The zero-order chi connectivity index (χ0) is 25.2. The summed E-state index contributed by atoms with van der Waals surface area (Å²) in [5.41, 5.74) is 0.573. The van der Waals surface area contributed by atoms with Gasteiger partial charge in [0.2, 0.25) is 15.9 Å². The van der Waals surface area contributed by atoms with Crippen molar-refractivity contribution < 1.29 is 27.5 Å². The predicted octanol–water partition coefficient (Wildman–Crippen LogP) is 2.72. The van der Waals surface area contributed by atoms with Crippen molar-refractivity contribution in [1.29, 1.82) is 0 Å². The smallest absolute Gasteiger partial charge is 0.262 e. The highest BCUT2D eigenvalue weighted by Gasteiger charge is 2.42. The van der Waals surface area contributed by atoms with Crippen LogP contribution in [0.15, 0.2) is 47.4 Å². The van der Waals surface area contributed by atoms with E-state index in [4.69, 9.17) is 16.3 Å². The number of imide groups is 1. The van der Waals surface area contributed by atoms with E-state index in [2.05, 4.69) is 5.32 Å². The SMILES string of the molecule is CSCCC(C(=O)Nc1cc(S(=O)(=O)N2CCOCC2)ccc1Cl)N1C(=O)c2ccccc2C1=O. The molecule has 0 aliphatic carbocycles. The summed E-state index contributed by atoms with van der Waals surface area (Å²) in [7, 11) is -3.82.